The van der Waals surface area contributed by atoms with Crippen LogP contribution in [-0.4, -0.2) is 52.1 Å². The summed E-state index contributed by atoms with van der Waals surface area (Å²) in [6, 6.07) is 7.15. The molecule has 7 heteroatoms. The molecular formula is C26H35N3O4. The van der Waals surface area contributed by atoms with Crippen LogP contribution < -0.4 is 5.32 Å². The number of amides is 4. The van der Waals surface area contributed by atoms with Gasteiger partial charge in [0.05, 0.1) is 11.8 Å². The normalized spacial score (nSPS) is 21.5. The van der Waals surface area contributed by atoms with E-state index < -0.39 is 6.04 Å². The fraction of sp³-hybridized carbons (Fsp3) is 0.538. The van der Waals surface area contributed by atoms with Gasteiger partial charge in [0.15, 0.2) is 0 Å². The predicted octanol–water partition coefficient (Wildman–Crippen LogP) is 2.97. The Morgan fingerprint density at radius 1 is 1.12 bits per heavy atom. The molecule has 1 heterocycles. The molecule has 2 unspecified atom stereocenters. The van der Waals surface area contributed by atoms with Crippen molar-refractivity contribution in [2.75, 3.05) is 6.54 Å². The highest BCUT2D eigenvalue weighted by atomic mass is 16.2. The Kier molecular flexibility index (Phi) is 8.06. The number of aryl methyl sites for hydroxylation is 1. The Labute approximate surface area is 196 Å². The van der Waals surface area contributed by atoms with E-state index in [0.29, 0.717) is 12.8 Å². The maximum absolute atomic E-state index is 13.3. The number of hydrogen-bond acceptors (Lipinski definition) is 4. The lowest BCUT2D eigenvalue weighted by Gasteiger charge is -2.30. The van der Waals surface area contributed by atoms with Gasteiger partial charge in [0.25, 0.3) is 0 Å². The smallest absolute Gasteiger partial charge is 0.242 e. The number of hydrogen-bond donors (Lipinski definition) is 1. The molecule has 1 aromatic rings. The number of carbonyl (C=O) groups excluding carboxylic acids is 4. The molecule has 0 aromatic heterocycles. The van der Waals surface area contributed by atoms with Crippen LogP contribution >= 0.6 is 0 Å². The van der Waals surface area contributed by atoms with Gasteiger partial charge in [-0.25, -0.2) is 0 Å². The third-order valence-corrected chi connectivity index (χ3v) is 6.75. The number of rotatable bonds is 9. The first-order chi connectivity index (χ1) is 15.7. The van der Waals surface area contributed by atoms with Crippen LogP contribution in [0.15, 0.2) is 36.4 Å². The molecule has 1 fully saturated rings. The SMILES string of the molecule is CCC(C)NC(=O)C(C)N(Cc1cccc(C)c1)C(=O)CCN1C(=O)[C@H]2CC=CC[C@H]2C1=O. The molecule has 0 saturated carbocycles. The molecule has 4 amide bonds. The van der Waals surface area contributed by atoms with Gasteiger partial charge < -0.3 is 10.2 Å². The standard InChI is InChI=1S/C26H35N3O4/c1-5-18(3)27-24(31)19(4)29(16-20-10-8-9-17(2)15-20)23(30)13-14-28-25(32)21-11-6-7-12-22(21)26(28)33/h6-10,15,18-19,21-22H,5,11-14,16H2,1-4H3,(H,27,31)/t18?,19?,21-,22+. The van der Waals surface area contributed by atoms with Crippen molar-refractivity contribution in [3.63, 3.8) is 0 Å². The summed E-state index contributed by atoms with van der Waals surface area (Å²) in [5, 5.41) is 2.95. The highest BCUT2D eigenvalue weighted by molar-refractivity contribution is 6.05. The Morgan fingerprint density at radius 2 is 1.76 bits per heavy atom. The molecule has 2 aliphatic rings. The number of benzene rings is 1. The maximum Gasteiger partial charge on any atom is 0.242 e. The first kappa shape index (κ1) is 24.7. The van der Waals surface area contributed by atoms with Gasteiger partial charge in [-0.2, -0.15) is 0 Å². The molecular weight excluding hydrogens is 418 g/mol. The quantitative estimate of drug-likeness (QED) is 0.460. The van der Waals surface area contributed by atoms with E-state index in [1.54, 1.807) is 11.8 Å². The molecule has 0 radical (unpaired) electrons. The molecule has 4 atom stereocenters. The zero-order valence-corrected chi connectivity index (χ0v) is 20.0. The fourth-order valence-corrected chi connectivity index (χ4v) is 4.50. The molecule has 7 nitrogen and oxygen atoms in total. The van der Waals surface area contributed by atoms with Gasteiger partial charge in [-0.1, -0.05) is 48.9 Å². The van der Waals surface area contributed by atoms with E-state index in [0.717, 1.165) is 17.5 Å². The Balaban J connectivity index is 1.72. The monoisotopic (exact) mass is 453 g/mol. The van der Waals surface area contributed by atoms with E-state index in [2.05, 4.69) is 5.32 Å². The summed E-state index contributed by atoms with van der Waals surface area (Å²) >= 11 is 0. The number of imide groups is 1. The van der Waals surface area contributed by atoms with Crippen LogP contribution in [0, 0.1) is 18.8 Å². The molecule has 1 N–H and O–H groups in total. The van der Waals surface area contributed by atoms with E-state index in [4.69, 9.17) is 0 Å². The highest BCUT2D eigenvalue weighted by Crippen LogP contribution is 2.35. The van der Waals surface area contributed by atoms with Crippen molar-refractivity contribution >= 4 is 23.6 Å². The van der Waals surface area contributed by atoms with Crippen LogP contribution in [0.4, 0.5) is 0 Å². The average Bonchev–Trinajstić information content (AvgIpc) is 3.05. The Hall–Kier alpha value is -2.96. The molecule has 3 rings (SSSR count). The molecule has 1 aliphatic carbocycles. The van der Waals surface area contributed by atoms with Crippen LogP contribution in [0.25, 0.3) is 0 Å². The number of likely N-dealkylation sites (tertiary alicyclic amines) is 1. The molecule has 0 bridgehead atoms. The molecule has 1 aliphatic heterocycles. The van der Waals surface area contributed by atoms with Gasteiger partial charge in [0, 0.05) is 25.6 Å². The predicted molar refractivity (Wildman–Crippen MR) is 126 cm³/mol. The fourth-order valence-electron chi connectivity index (χ4n) is 4.50. The lowest BCUT2D eigenvalue weighted by molar-refractivity contribution is -0.143. The number of carbonyl (C=O) groups is 4. The lowest BCUT2D eigenvalue weighted by atomic mass is 9.85. The lowest BCUT2D eigenvalue weighted by Crippen LogP contribution is -2.50. The second-order valence-electron chi connectivity index (χ2n) is 9.24. The minimum Gasteiger partial charge on any atom is -0.352 e. The van der Waals surface area contributed by atoms with E-state index in [1.807, 2.05) is 57.2 Å². The third-order valence-electron chi connectivity index (χ3n) is 6.75. The first-order valence-electron chi connectivity index (χ1n) is 11.9. The third kappa shape index (κ3) is 5.70. The molecule has 178 valence electrons. The number of nitrogens with one attached hydrogen (secondary N) is 1. The van der Waals surface area contributed by atoms with Crippen molar-refractivity contribution < 1.29 is 19.2 Å². The summed E-state index contributed by atoms with van der Waals surface area (Å²) in [6.45, 7) is 7.95. The van der Waals surface area contributed by atoms with E-state index in [-0.39, 0.29) is 61.0 Å². The summed E-state index contributed by atoms with van der Waals surface area (Å²) in [7, 11) is 0. The number of fused-ring (bicyclic) bond motifs is 1. The summed E-state index contributed by atoms with van der Waals surface area (Å²) in [4.78, 5) is 54.4. The van der Waals surface area contributed by atoms with Crippen molar-refractivity contribution in [1.82, 2.24) is 15.1 Å². The van der Waals surface area contributed by atoms with Gasteiger partial charge >= 0.3 is 0 Å². The number of allylic oxidation sites excluding steroid dienone is 2. The summed E-state index contributed by atoms with van der Waals surface area (Å²) in [5.41, 5.74) is 2.00. The van der Waals surface area contributed by atoms with Crippen molar-refractivity contribution in [3.05, 3.63) is 47.5 Å². The zero-order chi connectivity index (χ0) is 24.1. The second kappa shape index (κ2) is 10.8. The van der Waals surface area contributed by atoms with Crippen molar-refractivity contribution in [2.45, 2.75) is 72.0 Å². The summed E-state index contributed by atoms with van der Waals surface area (Å²) < 4.78 is 0. The largest absolute Gasteiger partial charge is 0.352 e. The zero-order valence-electron chi connectivity index (χ0n) is 20.0. The Morgan fingerprint density at radius 3 is 2.33 bits per heavy atom. The molecule has 0 spiro atoms. The second-order valence-corrected chi connectivity index (χ2v) is 9.24. The van der Waals surface area contributed by atoms with Crippen LogP contribution in [0.3, 0.4) is 0 Å². The number of nitrogens with zero attached hydrogens (tertiary/aromatic N) is 2. The van der Waals surface area contributed by atoms with Crippen LogP contribution in [-0.2, 0) is 25.7 Å². The molecule has 1 aromatic carbocycles. The first-order valence-corrected chi connectivity index (χ1v) is 11.9. The molecule has 33 heavy (non-hydrogen) atoms. The van der Waals surface area contributed by atoms with Gasteiger partial charge in [0.2, 0.25) is 23.6 Å². The van der Waals surface area contributed by atoms with Gasteiger partial charge in [-0.3, -0.25) is 24.1 Å². The van der Waals surface area contributed by atoms with E-state index in [9.17, 15) is 19.2 Å². The van der Waals surface area contributed by atoms with Crippen molar-refractivity contribution in [3.8, 4) is 0 Å². The maximum atomic E-state index is 13.3. The summed E-state index contributed by atoms with van der Waals surface area (Å²) in [6.07, 6.45) is 5.83. The minimum absolute atomic E-state index is 0.00286. The van der Waals surface area contributed by atoms with Gasteiger partial charge in [-0.15, -0.1) is 0 Å². The van der Waals surface area contributed by atoms with Crippen LogP contribution in [0.2, 0.25) is 0 Å². The Bertz CT molecular complexity index is 915. The average molecular weight is 454 g/mol. The molecule has 1 saturated heterocycles. The topological polar surface area (TPSA) is 86.8 Å². The van der Waals surface area contributed by atoms with Crippen LogP contribution in [0.5, 0.6) is 0 Å². The van der Waals surface area contributed by atoms with Crippen LogP contribution in [0.1, 0.15) is 57.6 Å². The highest BCUT2D eigenvalue weighted by Gasteiger charge is 2.47. The van der Waals surface area contributed by atoms with E-state index >= 15 is 0 Å². The minimum atomic E-state index is -0.677. The van der Waals surface area contributed by atoms with Crippen molar-refractivity contribution in [2.24, 2.45) is 11.8 Å². The van der Waals surface area contributed by atoms with Gasteiger partial charge in [0.1, 0.15) is 6.04 Å². The van der Waals surface area contributed by atoms with E-state index in [1.165, 1.54) is 4.90 Å². The summed E-state index contributed by atoms with van der Waals surface area (Å²) in [5.74, 6) is -1.44. The van der Waals surface area contributed by atoms with Crippen molar-refractivity contribution in [1.29, 1.82) is 0 Å². The van der Waals surface area contributed by atoms with Gasteiger partial charge in [-0.05, 0) is 45.6 Å².